The molecule has 0 spiro atoms. The van der Waals surface area contributed by atoms with Gasteiger partial charge in [0.25, 0.3) is 0 Å². The maximum Gasteiger partial charge on any atom is 0.230 e. The number of morpholine rings is 1. The molecule has 3 saturated heterocycles. The highest BCUT2D eigenvalue weighted by atomic mass is 16.5. The van der Waals surface area contributed by atoms with Crippen LogP contribution < -0.4 is 5.32 Å². The number of likely N-dealkylation sites (tertiary alicyclic amines) is 1. The fraction of sp³-hybridized carbons (Fsp3) is 0.895. The van der Waals surface area contributed by atoms with Crippen LogP contribution in [0.4, 0.5) is 0 Å². The van der Waals surface area contributed by atoms with E-state index in [1.165, 1.54) is 12.8 Å². The summed E-state index contributed by atoms with van der Waals surface area (Å²) < 4.78 is 5.36. The van der Waals surface area contributed by atoms with Crippen molar-refractivity contribution in [1.82, 2.24) is 15.1 Å². The number of amides is 2. The van der Waals surface area contributed by atoms with Crippen molar-refractivity contribution in [3.8, 4) is 0 Å². The van der Waals surface area contributed by atoms with E-state index in [1.807, 2.05) is 9.80 Å². The number of hydrogen-bond acceptors (Lipinski definition) is 4. The third-order valence-electron chi connectivity index (χ3n) is 6.84. The Labute approximate surface area is 150 Å². The SMILES string of the molecule is O=C(C1CCCN(C(=O)[C@@]23CCCC[C@H]2CNC3)C1)N1CCOCC1. The number of nitrogens with one attached hydrogen (secondary N) is 1. The van der Waals surface area contributed by atoms with Crippen molar-refractivity contribution < 1.29 is 14.3 Å². The van der Waals surface area contributed by atoms with Crippen LogP contribution >= 0.6 is 0 Å². The summed E-state index contributed by atoms with van der Waals surface area (Å²) in [5.41, 5.74) is -0.192. The number of ether oxygens (including phenoxy) is 1. The maximum atomic E-state index is 13.4. The second kappa shape index (κ2) is 7.23. The molecule has 6 heteroatoms. The average molecular weight is 349 g/mol. The fourth-order valence-electron chi connectivity index (χ4n) is 5.39. The molecule has 0 aromatic rings. The Morgan fingerprint density at radius 1 is 1.00 bits per heavy atom. The van der Waals surface area contributed by atoms with E-state index < -0.39 is 0 Å². The Bertz CT molecular complexity index is 520. The zero-order valence-electron chi connectivity index (χ0n) is 15.2. The van der Waals surface area contributed by atoms with Crippen molar-refractivity contribution in [2.75, 3.05) is 52.5 Å². The molecule has 2 amide bonds. The Hall–Kier alpha value is -1.14. The third-order valence-corrected chi connectivity index (χ3v) is 6.84. The van der Waals surface area contributed by atoms with Crippen molar-refractivity contribution in [2.45, 2.75) is 38.5 Å². The highest BCUT2D eigenvalue weighted by Crippen LogP contribution is 2.45. The molecule has 0 radical (unpaired) electrons. The molecule has 0 aromatic carbocycles. The number of carbonyl (C=O) groups is 2. The van der Waals surface area contributed by atoms with E-state index in [-0.39, 0.29) is 17.2 Å². The molecule has 1 unspecified atom stereocenters. The molecule has 25 heavy (non-hydrogen) atoms. The van der Waals surface area contributed by atoms with Gasteiger partial charge in [0.05, 0.1) is 24.5 Å². The zero-order chi connectivity index (χ0) is 17.3. The van der Waals surface area contributed by atoms with Gasteiger partial charge in [0, 0.05) is 32.7 Å². The molecule has 3 atom stereocenters. The Morgan fingerprint density at radius 3 is 2.68 bits per heavy atom. The molecule has 4 fully saturated rings. The third kappa shape index (κ3) is 3.19. The van der Waals surface area contributed by atoms with E-state index >= 15 is 0 Å². The van der Waals surface area contributed by atoms with E-state index in [0.717, 1.165) is 45.3 Å². The summed E-state index contributed by atoms with van der Waals surface area (Å²) in [6.07, 6.45) is 6.45. The summed E-state index contributed by atoms with van der Waals surface area (Å²) >= 11 is 0. The van der Waals surface area contributed by atoms with Crippen LogP contribution in [-0.4, -0.2) is 74.1 Å². The van der Waals surface area contributed by atoms with Gasteiger partial charge in [-0.3, -0.25) is 9.59 Å². The number of nitrogens with zero attached hydrogens (tertiary/aromatic N) is 2. The lowest BCUT2D eigenvalue weighted by molar-refractivity contribution is -0.150. The summed E-state index contributed by atoms with van der Waals surface area (Å²) in [5, 5.41) is 3.47. The summed E-state index contributed by atoms with van der Waals surface area (Å²) in [6.45, 7) is 5.90. The fourth-order valence-corrected chi connectivity index (χ4v) is 5.39. The Morgan fingerprint density at radius 2 is 1.84 bits per heavy atom. The van der Waals surface area contributed by atoms with Gasteiger partial charge in [-0.25, -0.2) is 0 Å². The zero-order valence-corrected chi connectivity index (χ0v) is 15.2. The number of carbonyl (C=O) groups excluding carboxylic acids is 2. The molecule has 1 aliphatic carbocycles. The first kappa shape index (κ1) is 17.3. The summed E-state index contributed by atoms with van der Waals surface area (Å²) in [7, 11) is 0. The van der Waals surface area contributed by atoms with Crippen LogP contribution in [0.15, 0.2) is 0 Å². The van der Waals surface area contributed by atoms with E-state index in [0.29, 0.717) is 44.7 Å². The largest absolute Gasteiger partial charge is 0.378 e. The molecule has 0 aromatic heterocycles. The minimum Gasteiger partial charge on any atom is -0.378 e. The first-order valence-electron chi connectivity index (χ1n) is 10.1. The lowest BCUT2D eigenvalue weighted by Gasteiger charge is -2.43. The molecule has 0 bridgehead atoms. The number of piperidine rings is 1. The van der Waals surface area contributed by atoms with Gasteiger partial charge in [-0.05, 0) is 38.1 Å². The van der Waals surface area contributed by atoms with Crippen molar-refractivity contribution in [3.63, 3.8) is 0 Å². The van der Waals surface area contributed by atoms with Crippen LogP contribution in [0.3, 0.4) is 0 Å². The lowest BCUT2D eigenvalue weighted by Crippen LogP contribution is -2.54. The Kier molecular flexibility index (Phi) is 5.00. The minimum atomic E-state index is -0.192. The first-order chi connectivity index (χ1) is 12.2. The van der Waals surface area contributed by atoms with E-state index in [2.05, 4.69) is 5.32 Å². The summed E-state index contributed by atoms with van der Waals surface area (Å²) in [4.78, 5) is 30.2. The molecule has 1 N–H and O–H groups in total. The second-order valence-corrected chi connectivity index (χ2v) is 8.26. The molecule has 3 aliphatic heterocycles. The molecule has 3 heterocycles. The number of hydrogen-bond donors (Lipinski definition) is 1. The highest BCUT2D eigenvalue weighted by Gasteiger charge is 2.52. The van der Waals surface area contributed by atoms with E-state index in [9.17, 15) is 9.59 Å². The normalized spacial score (nSPS) is 36.2. The number of rotatable bonds is 2. The highest BCUT2D eigenvalue weighted by molar-refractivity contribution is 5.85. The van der Waals surface area contributed by atoms with Gasteiger partial charge < -0.3 is 19.9 Å². The Balaban J connectivity index is 1.43. The lowest BCUT2D eigenvalue weighted by atomic mass is 9.67. The maximum absolute atomic E-state index is 13.4. The topological polar surface area (TPSA) is 61.9 Å². The minimum absolute atomic E-state index is 0.0244. The second-order valence-electron chi connectivity index (χ2n) is 8.26. The van der Waals surface area contributed by atoms with Crippen molar-refractivity contribution in [1.29, 1.82) is 0 Å². The van der Waals surface area contributed by atoms with Gasteiger partial charge in [0.2, 0.25) is 11.8 Å². The van der Waals surface area contributed by atoms with Gasteiger partial charge in [-0.2, -0.15) is 0 Å². The quantitative estimate of drug-likeness (QED) is 0.803. The molecular weight excluding hydrogens is 318 g/mol. The average Bonchev–Trinajstić information content (AvgIpc) is 3.13. The predicted molar refractivity (Wildman–Crippen MR) is 94.0 cm³/mol. The van der Waals surface area contributed by atoms with Gasteiger partial charge in [0.1, 0.15) is 0 Å². The van der Waals surface area contributed by atoms with Gasteiger partial charge >= 0.3 is 0 Å². The van der Waals surface area contributed by atoms with E-state index in [4.69, 9.17) is 4.74 Å². The van der Waals surface area contributed by atoms with Crippen LogP contribution in [0.2, 0.25) is 0 Å². The van der Waals surface area contributed by atoms with Crippen molar-refractivity contribution in [2.24, 2.45) is 17.3 Å². The van der Waals surface area contributed by atoms with Crippen LogP contribution in [0.5, 0.6) is 0 Å². The van der Waals surface area contributed by atoms with Crippen LogP contribution in [-0.2, 0) is 14.3 Å². The molecule has 140 valence electrons. The summed E-state index contributed by atoms with van der Waals surface area (Å²) in [6, 6.07) is 0. The van der Waals surface area contributed by atoms with Crippen molar-refractivity contribution in [3.05, 3.63) is 0 Å². The molecule has 4 rings (SSSR count). The van der Waals surface area contributed by atoms with Gasteiger partial charge in [-0.1, -0.05) is 12.8 Å². The molecule has 1 saturated carbocycles. The first-order valence-corrected chi connectivity index (χ1v) is 10.1. The predicted octanol–water partition coefficient (Wildman–Crippen LogP) is 0.864. The molecular formula is C19H31N3O3. The standard InChI is InChI=1S/C19H31N3O3/c23-17(21-8-10-25-11-9-21)15-4-3-7-22(13-15)18(24)19-6-2-1-5-16(19)12-20-14-19/h15-16,20H,1-14H2/t15?,16-,19+/m0/s1. The van der Waals surface area contributed by atoms with Gasteiger partial charge in [-0.15, -0.1) is 0 Å². The number of fused-ring (bicyclic) bond motifs is 1. The van der Waals surface area contributed by atoms with Crippen molar-refractivity contribution >= 4 is 11.8 Å². The smallest absolute Gasteiger partial charge is 0.230 e. The molecule has 6 nitrogen and oxygen atoms in total. The van der Waals surface area contributed by atoms with E-state index in [1.54, 1.807) is 0 Å². The van der Waals surface area contributed by atoms with Crippen LogP contribution in [0.25, 0.3) is 0 Å². The van der Waals surface area contributed by atoms with Crippen LogP contribution in [0.1, 0.15) is 38.5 Å². The summed E-state index contributed by atoms with van der Waals surface area (Å²) in [5.74, 6) is 1.01. The monoisotopic (exact) mass is 349 g/mol. The molecule has 4 aliphatic rings. The van der Waals surface area contributed by atoms with Gasteiger partial charge in [0.15, 0.2) is 0 Å². The van der Waals surface area contributed by atoms with Crippen LogP contribution in [0, 0.1) is 17.3 Å².